The van der Waals surface area contributed by atoms with Gasteiger partial charge in [0.15, 0.2) is 11.6 Å². The van der Waals surface area contributed by atoms with Gasteiger partial charge >= 0.3 is 0 Å². The molecule has 3 aromatic heterocycles. The maximum Gasteiger partial charge on any atom is 0.238 e. The number of hydrogen-bond donors (Lipinski definition) is 0. The van der Waals surface area contributed by atoms with Crippen molar-refractivity contribution < 1.29 is 0 Å². The summed E-state index contributed by atoms with van der Waals surface area (Å²) in [6, 6.07) is 58.3. The van der Waals surface area contributed by atoms with Crippen molar-refractivity contribution in [1.82, 2.24) is 29.1 Å². The Kier molecular flexibility index (Phi) is 6.39. The van der Waals surface area contributed by atoms with E-state index in [9.17, 15) is 0 Å². The number of rotatable bonds is 5. The molecule has 7 aromatic carbocycles. The van der Waals surface area contributed by atoms with Gasteiger partial charge in [-0.15, -0.1) is 0 Å². The molecule has 0 aliphatic heterocycles. The molecule has 0 radical (unpaired) electrons. The zero-order valence-electron chi connectivity index (χ0n) is 26.8. The highest BCUT2D eigenvalue weighted by molar-refractivity contribution is 6.31. The van der Waals surface area contributed by atoms with Gasteiger partial charge in [0.2, 0.25) is 5.95 Å². The van der Waals surface area contributed by atoms with Crippen LogP contribution in [0.5, 0.6) is 0 Å². The normalized spacial score (nSPS) is 11.6. The lowest BCUT2D eigenvalue weighted by atomic mass is 10.0. The molecule has 0 bridgehead atoms. The zero-order valence-corrected chi connectivity index (χ0v) is 26.8. The van der Waals surface area contributed by atoms with Crippen molar-refractivity contribution in [2.45, 2.75) is 0 Å². The molecule has 50 heavy (non-hydrogen) atoms. The molecule has 0 unspecified atom stereocenters. The van der Waals surface area contributed by atoms with Crippen LogP contribution in [0.15, 0.2) is 170 Å². The van der Waals surface area contributed by atoms with E-state index in [0.717, 1.165) is 71.8 Å². The van der Waals surface area contributed by atoms with Crippen LogP contribution in [-0.2, 0) is 0 Å². The van der Waals surface area contributed by atoms with Gasteiger partial charge in [0, 0.05) is 38.5 Å². The average Bonchev–Trinajstić information content (AvgIpc) is 3.77. The average molecular weight is 641 g/mol. The van der Waals surface area contributed by atoms with Crippen LogP contribution in [0.3, 0.4) is 0 Å². The number of nitrogens with zero attached hydrogens (tertiary/aromatic N) is 6. The van der Waals surface area contributed by atoms with Crippen molar-refractivity contribution in [3.63, 3.8) is 0 Å². The van der Waals surface area contributed by atoms with E-state index in [1.807, 2.05) is 72.8 Å². The summed E-state index contributed by atoms with van der Waals surface area (Å²) in [6.07, 6.45) is 0. The molecular weight excluding hydrogens is 613 g/mol. The van der Waals surface area contributed by atoms with Gasteiger partial charge in [0.1, 0.15) is 5.82 Å². The van der Waals surface area contributed by atoms with Crippen molar-refractivity contribution >= 4 is 43.6 Å². The van der Waals surface area contributed by atoms with Gasteiger partial charge in [0.25, 0.3) is 0 Å². The molecule has 10 aromatic rings. The summed E-state index contributed by atoms with van der Waals surface area (Å²) >= 11 is 0. The lowest BCUT2D eigenvalue weighted by Crippen LogP contribution is -2.07. The van der Waals surface area contributed by atoms with Crippen LogP contribution >= 0.6 is 0 Å². The van der Waals surface area contributed by atoms with Crippen LogP contribution in [0, 0.1) is 0 Å². The Balaban J connectivity index is 1.44. The summed E-state index contributed by atoms with van der Waals surface area (Å²) in [5.74, 6) is 2.63. The van der Waals surface area contributed by atoms with Gasteiger partial charge < -0.3 is 0 Å². The van der Waals surface area contributed by atoms with Gasteiger partial charge in [-0.05, 0) is 23.6 Å². The van der Waals surface area contributed by atoms with Gasteiger partial charge in [-0.25, -0.2) is 9.97 Å². The minimum absolute atomic E-state index is 0.544. The first-order valence-electron chi connectivity index (χ1n) is 16.7. The molecule has 0 N–H and O–H groups in total. The number of imidazole rings is 1. The third-order valence-electron chi connectivity index (χ3n) is 9.36. The second-order valence-corrected chi connectivity index (χ2v) is 12.3. The SMILES string of the molecule is c1ccc(-c2nc(-c3ccccc3)nc(-n3c4ccccc4c4c5ccccc5c5nc(-c6ccccc6)n(-c6ccccc6)c5c43)n2)cc1. The van der Waals surface area contributed by atoms with Crippen LogP contribution in [-0.4, -0.2) is 29.1 Å². The Morgan fingerprint density at radius 1 is 0.360 bits per heavy atom. The first-order valence-corrected chi connectivity index (χ1v) is 16.7. The lowest BCUT2D eigenvalue weighted by Gasteiger charge is -2.14. The van der Waals surface area contributed by atoms with Gasteiger partial charge in [-0.2, -0.15) is 9.97 Å². The van der Waals surface area contributed by atoms with Gasteiger partial charge in [-0.3, -0.25) is 9.13 Å². The van der Waals surface area contributed by atoms with Crippen molar-refractivity contribution in [1.29, 1.82) is 0 Å². The monoisotopic (exact) mass is 640 g/mol. The molecule has 0 saturated heterocycles. The van der Waals surface area contributed by atoms with E-state index in [1.165, 1.54) is 0 Å². The Morgan fingerprint density at radius 2 is 0.860 bits per heavy atom. The van der Waals surface area contributed by atoms with E-state index in [0.29, 0.717) is 17.6 Å². The van der Waals surface area contributed by atoms with E-state index < -0.39 is 0 Å². The molecule has 0 fully saturated rings. The third-order valence-corrected chi connectivity index (χ3v) is 9.36. The fourth-order valence-electron chi connectivity index (χ4n) is 7.19. The molecule has 10 rings (SSSR count). The molecule has 0 aliphatic rings. The summed E-state index contributed by atoms with van der Waals surface area (Å²) in [6.45, 7) is 0. The van der Waals surface area contributed by atoms with Gasteiger partial charge in [0.05, 0.1) is 22.1 Å². The Morgan fingerprint density at radius 3 is 1.48 bits per heavy atom. The first kappa shape index (κ1) is 28.1. The summed E-state index contributed by atoms with van der Waals surface area (Å²) in [7, 11) is 0. The molecule has 6 nitrogen and oxygen atoms in total. The van der Waals surface area contributed by atoms with E-state index in [4.69, 9.17) is 19.9 Å². The quantitative estimate of drug-likeness (QED) is 0.188. The predicted molar refractivity (Wildman–Crippen MR) is 203 cm³/mol. The lowest BCUT2D eigenvalue weighted by molar-refractivity contribution is 0.953. The number of hydrogen-bond acceptors (Lipinski definition) is 4. The fraction of sp³-hybridized carbons (Fsp3) is 0. The largest absolute Gasteiger partial charge is 0.290 e. The van der Waals surface area contributed by atoms with Crippen molar-refractivity contribution in [3.05, 3.63) is 170 Å². The molecule has 0 atom stereocenters. The molecule has 0 aliphatic carbocycles. The Bertz CT molecular complexity index is 2780. The predicted octanol–water partition coefficient (Wildman–Crippen LogP) is 10.5. The second-order valence-electron chi connectivity index (χ2n) is 12.3. The molecule has 0 spiro atoms. The second kappa shape index (κ2) is 11.4. The van der Waals surface area contributed by atoms with Gasteiger partial charge in [-0.1, -0.05) is 152 Å². The summed E-state index contributed by atoms with van der Waals surface area (Å²) < 4.78 is 4.52. The van der Waals surface area contributed by atoms with E-state index in [1.54, 1.807) is 0 Å². The summed E-state index contributed by atoms with van der Waals surface area (Å²) in [5.41, 5.74) is 7.80. The van der Waals surface area contributed by atoms with Crippen LogP contribution in [0.2, 0.25) is 0 Å². The van der Waals surface area contributed by atoms with Crippen LogP contribution < -0.4 is 0 Å². The topological polar surface area (TPSA) is 61.4 Å². The number of benzene rings is 7. The smallest absolute Gasteiger partial charge is 0.238 e. The molecule has 6 heteroatoms. The van der Waals surface area contributed by atoms with E-state index in [-0.39, 0.29) is 0 Å². The first-order chi connectivity index (χ1) is 24.8. The van der Waals surface area contributed by atoms with E-state index in [2.05, 4.69) is 106 Å². The molecule has 3 heterocycles. The highest BCUT2D eigenvalue weighted by Gasteiger charge is 2.26. The third kappa shape index (κ3) is 4.36. The minimum Gasteiger partial charge on any atom is -0.290 e. The zero-order chi connectivity index (χ0) is 33.0. The molecule has 234 valence electrons. The Labute approximate surface area is 287 Å². The standard InChI is InChI=1S/C44H28N6/c1-5-17-29(18-6-1)41-46-42(30-19-7-2-8-20-30)48-44(47-41)50-36-28-16-15-27-35(36)37-33-25-13-14-26-34(33)38-40(39(37)50)49(32-23-11-4-12-24-32)43(45-38)31-21-9-3-10-22-31/h1-28H. The summed E-state index contributed by atoms with van der Waals surface area (Å²) in [5, 5.41) is 4.46. The molecular formula is C44H28N6. The maximum atomic E-state index is 5.47. The van der Waals surface area contributed by atoms with E-state index >= 15 is 0 Å². The Hall–Kier alpha value is -6.92. The van der Waals surface area contributed by atoms with Crippen LogP contribution in [0.25, 0.3) is 89.4 Å². The number of aromatic nitrogens is 6. The van der Waals surface area contributed by atoms with Crippen LogP contribution in [0.4, 0.5) is 0 Å². The van der Waals surface area contributed by atoms with Crippen molar-refractivity contribution in [2.75, 3.05) is 0 Å². The number of para-hydroxylation sites is 2. The maximum absolute atomic E-state index is 5.47. The highest BCUT2D eigenvalue weighted by atomic mass is 15.2. The minimum atomic E-state index is 0.544. The van der Waals surface area contributed by atoms with Crippen molar-refractivity contribution in [3.8, 4) is 45.8 Å². The highest BCUT2D eigenvalue weighted by Crippen LogP contribution is 2.44. The van der Waals surface area contributed by atoms with Crippen LogP contribution in [0.1, 0.15) is 0 Å². The van der Waals surface area contributed by atoms with Crippen molar-refractivity contribution in [2.24, 2.45) is 0 Å². The fourth-order valence-corrected chi connectivity index (χ4v) is 7.19. The summed E-state index contributed by atoms with van der Waals surface area (Å²) in [4.78, 5) is 21.0. The number of fused-ring (bicyclic) bond motifs is 8. The molecule has 0 saturated carbocycles. The molecule has 0 amide bonds.